The number of rotatable bonds is 7. The molecule has 1 fully saturated rings. The number of piperidine rings is 1. The van der Waals surface area contributed by atoms with E-state index < -0.39 is 0 Å². The smallest absolute Gasteiger partial charge is 0.0568 e. The summed E-state index contributed by atoms with van der Waals surface area (Å²) in [5, 5.41) is 6.18. The summed E-state index contributed by atoms with van der Waals surface area (Å²) in [5.41, 5.74) is 6.83. The number of hydrogen-bond donors (Lipinski definition) is 0. The largest absolute Gasteiger partial charge is 0.306 e. The van der Waals surface area contributed by atoms with Crippen molar-refractivity contribution in [3.63, 3.8) is 0 Å². The van der Waals surface area contributed by atoms with Crippen molar-refractivity contribution >= 4 is 28.8 Å². The van der Waals surface area contributed by atoms with E-state index in [-0.39, 0.29) is 5.92 Å². The summed E-state index contributed by atoms with van der Waals surface area (Å²) in [5.74, 6) is 0.198. The molecular weight excluding hydrogens is 437 g/mol. The van der Waals surface area contributed by atoms with E-state index in [4.69, 9.17) is 23.2 Å². The Morgan fingerprint density at radius 1 is 1.25 bits per heavy atom. The molecule has 1 saturated heterocycles. The van der Waals surface area contributed by atoms with Crippen molar-refractivity contribution in [3.05, 3.63) is 81.1 Å². The molecule has 2 aromatic rings. The van der Waals surface area contributed by atoms with Crippen molar-refractivity contribution in [1.29, 1.82) is 0 Å². The fourth-order valence-electron chi connectivity index (χ4n) is 4.36. The van der Waals surface area contributed by atoms with E-state index in [0.717, 1.165) is 64.7 Å². The van der Waals surface area contributed by atoms with E-state index in [1.807, 2.05) is 31.3 Å². The zero-order valence-electron chi connectivity index (χ0n) is 20.0. The minimum Gasteiger partial charge on any atom is -0.306 e. The van der Waals surface area contributed by atoms with E-state index in [2.05, 4.69) is 61.4 Å². The van der Waals surface area contributed by atoms with Crippen LogP contribution in [0.5, 0.6) is 0 Å². The zero-order chi connectivity index (χ0) is 23.4. The lowest BCUT2D eigenvalue weighted by molar-refractivity contribution is 0.212. The van der Waals surface area contributed by atoms with Gasteiger partial charge in [-0.15, -0.1) is 0 Å². The van der Waals surface area contributed by atoms with Crippen LogP contribution in [0.4, 0.5) is 0 Å². The molecule has 0 bridgehead atoms. The minimum absolute atomic E-state index is 0.198. The summed E-state index contributed by atoms with van der Waals surface area (Å²) < 4.78 is 2.14. The molecule has 1 aromatic heterocycles. The topological polar surface area (TPSA) is 21.1 Å². The van der Waals surface area contributed by atoms with Crippen molar-refractivity contribution in [2.75, 3.05) is 20.1 Å². The molecule has 3 rings (SSSR count). The minimum atomic E-state index is 0.198. The molecule has 5 heteroatoms. The highest BCUT2D eigenvalue weighted by Gasteiger charge is 2.20. The number of nitrogens with zero attached hydrogens (tertiary/aromatic N) is 3. The van der Waals surface area contributed by atoms with E-state index in [0.29, 0.717) is 6.04 Å². The van der Waals surface area contributed by atoms with Gasteiger partial charge in [0.15, 0.2) is 0 Å². The van der Waals surface area contributed by atoms with E-state index in [1.165, 1.54) is 11.1 Å². The normalized spacial score (nSPS) is 16.8. The van der Waals surface area contributed by atoms with Crippen LogP contribution in [0.15, 0.2) is 54.4 Å². The lowest BCUT2D eigenvalue weighted by Crippen LogP contribution is -2.31. The Morgan fingerprint density at radius 2 is 1.94 bits per heavy atom. The number of likely N-dealkylation sites (tertiary alicyclic amines) is 1. The molecule has 0 amide bonds. The summed E-state index contributed by atoms with van der Waals surface area (Å²) >= 11 is 13.2. The zero-order valence-corrected chi connectivity index (χ0v) is 21.5. The number of benzene rings is 1. The Bertz CT molecular complexity index is 1020. The first kappa shape index (κ1) is 24.8. The van der Waals surface area contributed by atoms with E-state index >= 15 is 0 Å². The third kappa shape index (κ3) is 5.75. The lowest BCUT2D eigenvalue weighted by atomic mass is 9.89. The molecule has 32 heavy (non-hydrogen) atoms. The van der Waals surface area contributed by atoms with Crippen molar-refractivity contribution < 1.29 is 0 Å². The summed E-state index contributed by atoms with van der Waals surface area (Å²) in [4.78, 5) is 2.38. The van der Waals surface area contributed by atoms with E-state index in [1.54, 1.807) is 0 Å². The van der Waals surface area contributed by atoms with Crippen LogP contribution in [-0.4, -0.2) is 34.8 Å². The van der Waals surface area contributed by atoms with Crippen LogP contribution in [0.2, 0.25) is 10.0 Å². The average Bonchev–Trinajstić information content (AvgIpc) is 3.24. The third-order valence-electron chi connectivity index (χ3n) is 6.53. The first-order valence-electron chi connectivity index (χ1n) is 11.4. The fourth-order valence-corrected chi connectivity index (χ4v) is 5.11. The third-order valence-corrected chi connectivity index (χ3v) is 7.36. The molecule has 1 aliphatic rings. The molecule has 0 saturated carbocycles. The van der Waals surface area contributed by atoms with Gasteiger partial charge in [-0.25, -0.2) is 0 Å². The lowest BCUT2D eigenvalue weighted by Gasteiger charge is -2.28. The van der Waals surface area contributed by atoms with Crippen LogP contribution in [0, 0.1) is 6.92 Å². The van der Waals surface area contributed by atoms with Crippen molar-refractivity contribution in [1.82, 2.24) is 14.7 Å². The maximum Gasteiger partial charge on any atom is 0.0568 e. The molecule has 3 nitrogen and oxygen atoms in total. The second-order valence-corrected chi connectivity index (χ2v) is 10.1. The Kier molecular flexibility index (Phi) is 8.43. The van der Waals surface area contributed by atoms with Gasteiger partial charge in [0, 0.05) is 21.8 Å². The Hall–Kier alpha value is -1.81. The monoisotopic (exact) mass is 471 g/mol. The fraction of sp³-hybridized carbons (Fsp3) is 0.444. The van der Waals surface area contributed by atoms with Gasteiger partial charge in [-0.2, -0.15) is 5.10 Å². The van der Waals surface area contributed by atoms with Crippen LogP contribution in [0.25, 0.3) is 5.57 Å². The van der Waals surface area contributed by atoms with E-state index in [9.17, 15) is 0 Å². The summed E-state index contributed by atoms with van der Waals surface area (Å²) in [6.45, 7) is 14.8. The molecule has 172 valence electrons. The van der Waals surface area contributed by atoms with Gasteiger partial charge in [0.2, 0.25) is 0 Å². The number of hydrogen-bond acceptors (Lipinski definition) is 2. The van der Waals surface area contributed by atoms with Gasteiger partial charge in [0.25, 0.3) is 0 Å². The molecule has 0 N–H and O–H groups in total. The number of allylic oxidation sites excluding steroid dienone is 5. The molecule has 1 atom stereocenters. The van der Waals surface area contributed by atoms with Crippen molar-refractivity contribution in [2.24, 2.45) is 0 Å². The quantitative estimate of drug-likeness (QED) is 0.383. The highest BCUT2D eigenvalue weighted by molar-refractivity contribution is 6.36. The molecule has 0 radical (unpaired) electrons. The molecular formula is C27H35Cl2N3. The second kappa shape index (κ2) is 10.9. The predicted molar refractivity (Wildman–Crippen MR) is 139 cm³/mol. The molecule has 1 aromatic carbocycles. The Labute approximate surface area is 203 Å². The summed E-state index contributed by atoms with van der Waals surface area (Å²) in [6, 6.07) is 4.39. The maximum absolute atomic E-state index is 6.62. The van der Waals surface area contributed by atoms with Crippen LogP contribution >= 0.6 is 23.2 Å². The molecule has 1 aliphatic heterocycles. The van der Waals surface area contributed by atoms with Crippen molar-refractivity contribution in [2.45, 2.75) is 58.9 Å². The Balaban J connectivity index is 1.84. The summed E-state index contributed by atoms with van der Waals surface area (Å²) in [7, 11) is 2.18. The predicted octanol–water partition coefficient (Wildman–Crippen LogP) is 7.86. The van der Waals surface area contributed by atoms with Gasteiger partial charge in [-0.05, 0) is 94.4 Å². The first-order valence-corrected chi connectivity index (χ1v) is 12.1. The van der Waals surface area contributed by atoms with Crippen LogP contribution in [0.1, 0.15) is 68.7 Å². The highest BCUT2D eigenvalue weighted by Crippen LogP contribution is 2.38. The van der Waals surface area contributed by atoms with Crippen LogP contribution in [-0.2, 0) is 0 Å². The van der Waals surface area contributed by atoms with Gasteiger partial charge in [-0.1, -0.05) is 60.5 Å². The number of halogens is 2. The van der Waals surface area contributed by atoms with Gasteiger partial charge < -0.3 is 4.90 Å². The SMILES string of the molecule is C=C/C(=C\C(CC(C)c1c(Cl)ccc(C)c1Cl)=C(C)C)c1cnn(C2CCN(C)CC2)c1. The first-order chi connectivity index (χ1) is 15.2. The second-order valence-electron chi connectivity index (χ2n) is 9.27. The van der Waals surface area contributed by atoms with Gasteiger partial charge in [-0.3, -0.25) is 4.68 Å². The highest BCUT2D eigenvalue weighted by atomic mass is 35.5. The maximum atomic E-state index is 6.62. The van der Waals surface area contributed by atoms with Crippen LogP contribution in [0.3, 0.4) is 0 Å². The number of aryl methyl sites for hydroxylation is 1. The molecule has 2 heterocycles. The van der Waals surface area contributed by atoms with Gasteiger partial charge in [0.05, 0.1) is 12.2 Å². The van der Waals surface area contributed by atoms with Crippen LogP contribution < -0.4 is 0 Å². The van der Waals surface area contributed by atoms with Gasteiger partial charge >= 0.3 is 0 Å². The summed E-state index contributed by atoms with van der Waals surface area (Å²) in [6.07, 6.45) is 11.4. The number of aromatic nitrogens is 2. The molecule has 0 aliphatic carbocycles. The molecule has 1 unspecified atom stereocenters. The molecule has 0 spiro atoms. The average molecular weight is 473 g/mol. The van der Waals surface area contributed by atoms with Crippen molar-refractivity contribution in [3.8, 4) is 0 Å². The van der Waals surface area contributed by atoms with Gasteiger partial charge in [0.1, 0.15) is 0 Å². The standard InChI is InChI=1S/C27H35Cl2N3/c1-7-21(23-16-30-32(17-23)24-10-12-31(6)13-11-24)15-22(18(2)3)14-20(5)26-25(28)9-8-19(4)27(26)29/h7-9,15-17,20,24H,1,10-14H2,2-6H3/b21-15+. The Morgan fingerprint density at radius 3 is 2.56 bits per heavy atom.